The maximum atomic E-state index is 11.9. The minimum atomic E-state index is -0.0576. The molecule has 1 aliphatic rings. The fourth-order valence-electron chi connectivity index (χ4n) is 2.37. The van der Waals surface area contributed by atoms with Gasteiger partial charge in [0, 0.05) is 18.6 Å². The number of benzene rings is 1. The zero-order valence-electron chi connectivity index (χ0n) is 9.50. The molecule has 0 saturated carbocycles. The summed E-state index contributed by atoms with van der Waals surface area (Å²) >= 11 is 0. The molecule has 4 heteroatoms. The SMILES string of the molecule is CC1(C)Cn2c(=O)[nH]c3cccc(c32)CN1. The monoisotopic (exact) mass is 217 g/mol. The highest BCUT2D eigenvalue weighted by molar-refractivity contribution is 5.79. The predicted octanol–water partition coefficient (Wildman–Crippen LogP) is 1.21. The fourth-order valence-corrected chi connectivity index (χ4v) is 2.37. The third kappa shape index (κ3) is 1.30. The Labute approximate surface area is 93.3 Å². The van der Waals surface area contributed by atoms with Crippen LogP contribution in [0.25, 0.3) is 11.0 Å². The van der Waals surface area contributed by atoms with E-state index in [4.69, 9.17) is 0 Å². The van der Waals surface area contributed by atoms with Crippen LogP contribution in [0, 0.1) is 0 Å². The number of imidazole rings is 1. The first-order chi connectivity index (χ1) is 7.57. The summed E-state index contributed by atoms with van der Waals surface area (Å²) < 4.78 is 1.84. The molecule has 0 aliphatic carbocycles. The Hall–Kier alpha value is -1.55. The van der Waals surface area contributed by atoms with Gasteiger partial charge in [0.25, 0.3) is 0 Å². The smallest absolute Gasteiger partial charge is 0.306 e. The maximum absolute atomic E-state index is 11.9. The van der Waals surface area contributed by atoms with E-state index in [1.165, 1.54) is 5.56 Å². The molecule has 1 aliphatic heterocycles. The lowest BCUT2D eigenvalue weighted by Gasteiger charge is -2.24. The molecule has 0 atom stereocenters. The van der Waals surface area contributed by atoms with Crippen molar-refractivity contribution in [2.75, 3.05) is 0 Å². The molecule has 1 aromatic heterocycles. The Morgan fingerprint density at radius 2 is 2.19 bits per heavy atom. The molecule has 0 bridgehead atoms. The van der Waals surface area contributed by atoms with Gasteiger partial charge in [-0.2, -0.15) is 0 Å². The van der Waals surface area contributed by atoms with E-state index in [9.17, 15) is 4.79 Å². The van der Waals surface area contributed by atoms with Gasteiger partial charge in [0.1, 0.15) is 0 Å². The minimum Gasteiger partial charge on any atom is -0.306 e. The number of nitrogens with zero attached hydrogens (tertiary/aromatic N) is 1. The van der Waals surface area contributed by atoms with Gasteiger partial charge in [-0.05, 0) is 25.5 Å². The summed E-state index contributed by atoms with van der Waals surface area (Å²) in [6, 6.07) is 6.01. The average molecular weight is 217 g/mol. The quantitative estimate of drug-likeness (QED) is 0.697. The van der Waals surface area contributed by atoms with Gasteiger partial charge in [-0.1, -0.05) is 12.1 Å². The standard InChI is InChI=1S/C12H15N3O/c1-12(2)7-15-10-8(6-13-12)4-3-5-9(10)14-11(15)16/h3-5,13H,6-7H2,1-2H3,(H,14,16). The van der Waals surface area contributed by atoms with E-state index >= 15 is 0 Å². The van der Waals surface area contributed by atoms with E-state index < -0.39 is 0 Å². The number of para-hydroxylation sites is 1. The van der Waals surface area contributed by atoms with Gasteiger partial charge in [0.15, 0.2) is 0 Å². The molecule has 16 heavy (non-hydrogen) atoms. The Kier molecular flexibility index (Phi) is 1.80. The molecule has 0 saturated heterocycles. The molecule has 2 heterocycles. The fraction of sp³-hybridized carbons (Fsp3) is 0.417. The summed E-state index contributed by atoms with van der Waals surface area (Å²) in [6.07, 6.45) is 0. The lowest BCUT2D eigenvalue weighted by molar-refractivity contribution is 0.343. The zero-order chi connectivity index (χ0) is 11.3. The van der Waals surface area contributed by atoms with Crippen LogP contribution in [0.5, 0.6) is 0 Å². The Morgan fingerprint density at radius 1 is 1.38 bits per heavy atom. The van der Waals surface area contributed by atoms with E-state index in [2.05, 4.69) is 30.2 Å². The summed E-state index contributed by atoms with van der Waals surface area (Å²) in [7, 11) is 0. The number of H-pyrrole nitrogens is 1. The van der Waals surface area contributed by atoms with Crippen molar-refractivity contribution in [3.05, 3.63) is 34.2 Å². The summed E-state index contributed by atoms with van der Waals surface area (Å²) in [4.78, 5) is 14.8. The highest BCUT2D eigenvalue weighted by Gasteiger charge is 2.24. The third-order valence-corrected chi connectivity index (χ3v) is 3.19. The molecule has 0 unspecified atom stereocenters. The largest absolute Gasteiger partial charge is 0.326 e. The molecular formula is C12H15N3O. The van der Waals surface area contributed by atoms with E-state index in [0.717, 1.165) is 17.6 Å². The van der Waals surface area contributed by atoms with Crippen molar-refractivity contribution in [2.24, 2.45) is 0 Å². The number of hydrogen-bond donors (Lipinski definition) is 2. The lowest BCUT2D eigenvalue weighted by Crippen LogP contribution is -2.42. The second kappa shape index (κ2) is 2.98. The maximum Gasteiger partial charge on any atom is 0.326 e. The first-order valence-electron chi connectivity index (χ1n) is 5.52. The molecule has 0 fully saturated rings. The van der Waals surface area contributed by atoms with Gasteiger partial charge in [0.05, 0.1) is 11.0 Å². The first kappa shape index (κ1) is 9.66. The van der Waals surface area contributed by atoms with Crippen LogP contribution >= 0.6 is 0 Å². The van der Waals surface area contributed by atoms with E-state index in [1.807, 2.05) is 16.7 Å². The molecule has 0 amide bonds. The van der Waals surface area contributed by atoms with Crippen LogP contribution in [-0.2, 0) is 13.1 Å². The van der Waals surface area contributed by atoms with E-state index in [1.54, 1.807) is 0 Å². The van der Waals surface area contributed by atoms with Crippen molar-refractivity contribution in [1.82, 2.24) is 14.9 Å². The number of aromatic nitrogens is 2. The number of nitrogens with one attached hydrogen (secondary N) is 2. The van der Waals surface area contributed by atoms with E-state index in [0.29, 0.717) is 6.54 Å². The molecule has 2 N–H and O–H groups in total. The highest BCUT2D eigenvalue weighted by Crippen LogP contribution is 2.21. The number of rotatable bonds is 0. The van der Waals surface area contributed by atoms with Crippen LogP contribution in [0.1, 0.15) is 19.4 Å². The van der Waals surface area contributed by atoms with Gasteiger partial charge >= 0.3 is 5.69 Å². The Balaban J connectivity index is 2.37. The molecular weight excluding hydrogens is 202 g/mol. The van der Waals surface area contributed by atoms with Crippen LogP contribution in [0.15, 0.2) is 23.0 Å². The van der Waals surface area contributed by atoms with Gasteiger partial charge in [-0.15, -0.1) is 0 Å². The van der Waals surface area contributed by atoms with Crippen molar-refractivity contribution >= 4 is 11.0 Å². The summed E-state index contributed by atoms with van der Waals surface area (Å²) in [6.45, 7) is 5.73. The van der Waals surface area contributed by atoms with Crippen LogP contribution < -0.4 is 11.0 Å². The zero-order valence-corrected chi connectivity index (χ0v) is 9.50. The van der Waals surface area contributed by atoms with Crippen molar-refractivity contribution < 1.29 is 0 Å². The molecule has 84 valence electrons. The lowest BCUT2D eigenvalue weighted by atomic mass is 10.1. The summed E-state index contributed by atoms with van der Waals surface area (Å²) in [5.41, 5.74) is 3.09. The second-order valence-corrected chi connectivity index (χ2v) is 5.07. The topological polar surface area (TPSA) is 49.8 Å². The molecule has 2 aromatic rings. The van der Waals surface area contributed by atoms with Crippen LogP contribution in [0.2, 0.25) is 0 Å². The van der Waals surface area contributed by atoms with Gasteiger partial charge in [-0.25, -0.2) is 4.79 Å². The van der Waals surface area contributed by atoms with Crippen LogP contribution in [-0.4, -0.2) is 15.1 Å². The molecule has 1 aromatic carbocycles. The molecule has 0 radical (unpaired) electrons. The Morgan fingerprint density at radius 3 is 3.00 bits per heavy atom. The second-order valence-electron chi connectivity index (χ2n) is 5.07. The van der Waals surface area contributed by atoms with Crippen molar-refractivity contribution in [2.45, 2.75) is 32.5 Å². The van der Waals surface area contributed by atoms with E-state index in [-0.39, 0.29) is 11.2 Å². The van der Waals surface area contributed by atoms with Crippen LogP contribution in [0.3, 0.4) is 0 Å². The van der Waals surface area contributed by atoms with Crippen molar-refractivity contribution in [1.29, 1.82) is 0 Å². The number of hydrogen-bond acceptors (Lipinski definition) is 2. The van der Waals surface area contributed by atoms with Gasteiger partial charge < -0.3 is 10.3 Å². The van der Waals surface area contributed by atoms with Crippen LogP contribution in [0.4, 0.5) is 0 Å². The molecule has 4 nitrogen and oxygen atoms in total. The number of aromatic amines is 1. The molecule has 3 rings (SSSR count). The average Bonchev–Trinajstić information content (AvgIpc) is 2.43. The Bertz CT molecular complexity index is 606. The van der Waals surface area contributed by atoms with Gasteiger partial charge in [-0.3, -0.25) is 4.57 Å². The normalized spacial score (nSPS) is 18.6. The third-order valence-electron chi connectivity index (χ3n) is 3.19. The van der Waals surface area contributed by atoms with Gasteiger partial charge in [0.2, 0.25) is 0 Å². The molecule has 0 spiro atoms. The summed E-state index contributed by atoms with van der Waals surface area (Å²) in [5.74, 6) is 0. The minimum absolute atomic E-state index is 0.0146. The predicted molar refractivity (Wildman–Crippen MR) is 63.5 cm³/mol. The van der Waals surface area contributed by atoms with Crippen molar-refractivity contribution in [3.63, 3.8) is 0 Å². The first-order valence-corrected chi connectivity index (χ1v) is 5.52. The highest BCUT2D eigenvalue weighted by atomic mass is 16.1. The summed E-state index contributed by atoms with van der Waals surface area (Å²) in [5, 5.41) is 3.47. The van der Waals surface area contributed by atoms with Crippen molar-refractivity contribution in [3.8, 4) is 0 Å².